The lowest BCUT2D eigenvalue weighted by molar-refractivity contribution is -0.151. The maximum atomic E-state index is 11.3. The van der Waals surface area contributed by atoms with E-state index in [4.69, 9.17) is 0 Å². The van der Waals surface area contributed by atoms with Gasteiger partial charge < -0.3 is 9.84 Å². The van der Waals surface area contributed by atoms with E-state index < -0.39 is 11.8 Å². The quantitative estimate of drug-likeness (QED) is 0.376. The minimum atomic E-state index is -0.964. The molecule has 0 heterocycles. The van der Waals surface area contributed by atoms with Crippen LogP contribution in [-0.4, -0.2) is 23.5 Å². The summed E-state index contributed by atoms with van der Waals surface area (Å²) in [5.41, 5.74) is 1.62. The van der Waals surface area contributed by atoms with E-state index in [2.05, 4.69) is 4.74 Å². The van der Waals surface area contributed by atoms with Crippen molar-refractivity contribution < 1.29 is 19.4 Å². The molecule has 18 heavy (non-hydrogen) atoms. The van der Waals surface area contributed by atoms with Gasteiger partial charge >= 0.3 is 5.97 Å². The lowest BCUT2D eigenvalue weighted by Gasteiger charge is -2.02. The molecule has 0 fully saturated rings. The number of ether oxygens (including phenoxy) is 1. The van der Waals surface area contributed by atoms with Gasteiger partial charge in [0.15, 0.2) is 0 Å². The molecule has 0 aliphatic heterocycles. The number of hydrogen-bond donors (Lipinski definition) is 1. The van der Waals surface area contributed by atoms with Crippen molar-refractivity contribution in [3.05, 3.63) is 41.5 Å². The standard InChI is InChI=1S/C14H16O4/c1-3-10-5-7-11(8-6-10)12(15)9-13(16)14(17)18-4-2/h5-9,15H,3-4H2,1-2H3. The zero-order chi connectivity index (χ0) is 13.5. The topological polar surface area (TPSA) is 63.6 Å². The molecule has 0 saturated heterocycles. The van der Waals surface area contributed by atoms with E-state index in [0.29, 0.717) is 5.56 Å². The van der Waals surface area contributed by atoms with Crippen LogP contribution in [0.5, 0.6) is 0 Å². The number of carbonyl (C=O) groups is 2. The molecule has 0 saturated carbocycles. The monoisotopic (exact) mass is 248 g/mol. The second-order valence-electron chi connectivity index (χ2n) is 3.66. The predicted molar refractivity (Wildman–Crippen MR) is 68.1 cm³/mol. The van der Waals surface area contributed by atoms with E-state index in [-0.39, 0.29) is 12.4 Å². The molecule has 0 atom stereocenters. The van der Waals surface area contributed by atoms with Crippen molar-refractivity contribution in [1.29, 1.82) is 0 Å². The van der Waals surface area contributed by atoms with Gasteiger partial charge in [0.1, 0.15) is 5.76 Å². The van der Waals surface area contributed by atoms with Gasteiger partial charge in [0.2, 0.25) is 0 Å². The fourth-order valence-electron chi connectivity index (χ4n) is 1.38. The van der Waals surface area contributed by atoms with Crippen LogP contribution in [0.4, 0.5) is 0 Å². The molecule has 4 heteroatoms. The van der Waals surface area contributed by atoms with Crippen LogP contribution in [0.25, 0.3) is 5.76 Å². The number of benzene rings is 1. The maximum Gasteiger partial charge on any atom is 0.379 e. The Hall–Kier alpha value is -2.10. The molecule has 0 aliphatic rings. The number of ketones is 1. The largest absolute Gasteiger partial charge is 0.507 e. The van der Waals surface area contributed by atoms with Gasteiger partial charge in [-0.3, -0.25) is 4.79 Å². The predicted octanol–water partition coefficient (Wildman–Crippen LogP) is 2.28. The molecule has 96 valence electrons. The summed E-state index contributed by atoms with van der Waals surface area (Å²) in [7, 11) is 0. The summed E-state index contributed by atoms with van der Waals surface area (Å²) in [4.78, 5) is 22.4. The Labute approximate surface area is 106 Å². The molecule has 0 aromatic heterocycles. The third-order valence-corrected chi connectivity index (χ3v) is 2.40. The Morgan fingerprint density at radius 1 is 1.22 bits per heavy atom. The van der Waals surface area contributed by atoms with E-state index in [9.17, 15) is 14.7 Å². The molecule has 0 bridgehead atoms. The summed E-state index contributed by atoms with van der Waals surface area (Å²) in [6.07, 6.45) is 1.77. The Bertz CT molecular complexity index is 457. The van der Waals surface area contributed by atoms with Crippen molar-refractivity contribution in [3.63, 3.8) is 0 Å². The van der Waals surface area contributed by atoms with E-state index in [1.165, 1.54) is 0 Å². The number of esters is 1. The number of rotatable bonds is 5. The van der Waals surface area contributed by atoms with Crippen LogP contribution in [0.3, 0.4) is 0 Å². The maximum absolute atomic E-state index is 11.3. The molecule has 4 nitrogen and oxygen atoms in total. The first-order valence-corrected chi connectivity index (χ1v) is 5.79. The molecular formula is C14H16O4. The second kappa shape index (κ2) is 6.59. The highest BCUT2D eigenvalue weighted by Gasteiger charge is 2.13. The molecule has 0 unspecified atom stereocenters. The van der Waals surface area contributed by atoms with Crippen molar-refractivity contribution in [3.8, 4) is 0 Å². The van der Waals surface area contributed by atoms with Gasteiger partial charge in [-0.25, -0.2) is 4.79 Å². The van der Waals surface area contributed by atoms with Crippen LogP contribution in [0.15, 0.2) is 30.3 Å². The summed E-state index contributed by atoms with van der Waals surface area (Å²) in [5, 5.41) is 9.70. The van der Waals surface area contributed by atoms with Gasteiger partial charge in [-0.05, 0) is 18.9 Å². The van der Waals surface area contributed by atoms with E-state index in [1.54, 1.807) is 19.1 Å². The fraction of sp³-hybridized carbons (Fsp3) is 0.286. The average molecular weight is 248 g/mol. The minimum absolute atomic E-state index is 0.129. The highest BCUT2D eigenvalue weighted by atomic mass is 16.5. The Balaban J connectivity index is 2.81. The van der Waals surface area contributed by atoms with E-state index in [1.807, 2.05) is 19.1 Å². The van der Waals surface area contributed by atoms with Crippen molar-refractivity contribution in [2.24, 2.45) is 0 Å². The first-order valence-electron chi connectivity index (χ1n) is 5.79. The van der Waals surface area contributed by atoms with Gasteiger partial charge in [0.05, 0.1) is 6.61 Å². The van der Waals surface area contributed by atoms with Crippen molar-refractivity contribution >= 4 is 17.5 Å². The van der Waals surface area contributed by atoms with E-state index in [0.717, 1.165) is 18.1 Å². The molecular weight excluding hydrogens is 232 g/mol. The summed E-state index contributed by atoms with van der Waals surface area (Å²) in [5.74, 6) is -2.07. The molecule has 0 radical (unpaired) electrons. The van der Waals surface area contributed by atoms with Gasteiger partial charge in [-0.15, -0.1) is 0 Å². The summed E-state index contributed by atoms with van der Waals surface area (Å²) < 4.78 is 4.53. The number of aliphatic hydroxyl groups excluding tert-OH is 1. The smallest absolute Gasteiger partial charge is 0.379 e. The van der Waals surface area contributed by atoms with Crippen molar-refractivity contribution in [2.45, 2.75) is 20.3 Å². The molecule has 0 spiro atoms. The third kappa shape index (κ3) is 3.73. The molecule has 1 N–H and O–H groups in total. The van der Waals surface area contributed by atoms with Gasteiger partial charge in [-0.2, -0.15) is 0 Å². The zero-order valence-corrected chi connectivity index (χ0v) is 10.5. The van der Waals surface area contributed by atoms with E-state index >= 15 is 0 Å². The van der Waals surface area contributed by atoms with Crippen LogP contribution in [0, 0.1) is 0 Å². The number of carbonyl (C=O) groups excluding carboxylic acids is 2. The van der Waals surface area contributed by atoms with Crippen LogP contribution >= 0.6 is 0 Å². The highest BCUT2D eigenvalue weighted by molar-refractivity contribution is 6.39. The Kier molecular flexibility index (Phi) is 5.11. The molecule has 1 rings (SSSR count). The van der Waals surface area contributed by atoms with Crippen LogP contribution < -0.4 is 0 Å². The fourth-order valence-corrected chi connectivity index (χ4v) is 1.38. The lowest BCUT2D eigenvalue weighted by Crippen LogP contribution is -2.15. The summed E-state index contributed by atoms with van der Waals surface area (Å²) >= 11 is 0. The summed E-state index contributed by atoms with van der Waals surface area (Å²) in [6.45, 7) is 3.76. The summed E-state index contributed by atoms with van der Waals surface area (Å²) in [6, 6.07) is 7.11. The van der Waals surface area contributed by atoms with Gasteiger partial charge in [0.25, 0.3) is 5.78 Å². The first kappa shape index (κ1) is 14.0. The molecule has 1 aromatic rings. The Morgan fingerprint density at radius 3 is 2.33 bits per heavy atom. The third-order valence-electron chi connectivity index (χ3n) is 2.40. The highest BCUT2D eigenvalue weighted by Crippen LogP contribution is 2.13. The molecule has 1 aromatic carbocycles. The minimum Gasteiger partial charge on any atom is -0.507 e. The number of hydrogen-bond acceptors (Lipinski definition) is 4. The first-order chi connectivity index (χ1) is 8.58. The average Bonchev–Trinajstić information content (AvgIpc) is 2.39. The molecule has 0 aliphatic carbocycles. The van der Waals surface area contributed by atoms with Crippen molar-refractivity contribution in [2.75, 3.05) is 6.61 Å². The van der Waals surface area contributed by atoms with Crippen molar-refractivity contribution in [1.82, 2.24) is 0 Å². The SMILES string of the molecule is CCOC(=O)C(=O)C=C(O)c1ccc(CC)cc1. The lowest BCUT2D eigenvalue weighted by atomic mass is 10.1. The van der Waals surface area contributed by atoms with Gasteiger partial charge in [0, 0.05) is 11.6 Å². The number of aliphatic hydroxyl groups is 1. The van der Waals surface area contributed by atoms with Gasteiger partial charge in [-0.1, -0.05) is 31.2 Å². The number of aryl methyl sites for hydroxylation is 1. The van der Waals surface area contributed by atoms with Crippen LogP contribution in [0.1, 0.15) is 25.0 Å². The van der Waals surface area contributed by atoms with Crippen LogP contribution in [0.2, 0.25) is 0 Å². The Morgan fingerprint density at radius 2 is 1.83 bits per heavy atom. The second-order valence-corrected chi connectivity index (χ2v) is 3.66. The van der Waals surface area contributed by atoms with Crippen LogP contribution in [-0.2, 0) is 20.7 Å². The normalized spacial score (nSPS) is 11.1. The molecule has 0 amide bonds. The zero-order valence-electron chi connectivity index (χ0n) is 10.5.